The number of hydrogen-bond donors (Lipinski definition) is 1. The molecule has 1 aliphatic rings. The minimum absolute atomic E-state index is 0.491. The van der Waals surface area contributed by atoms with Crippen molar-refractivity contribution in [1.29, 1.82) is 0 Å². The SMILES string of the molecule is CN1CCCC(C)(C)CN1. The smallest absolute Gasteiger partial charge is 0.0153 e. The van der Waals surface area contributed by atoms with E-state index in [9.17, 15) is 0 Å². The average Bonchev–Trinajstić information content (AvgIpc) is 1.94. The summed E-state index contributed by atoms with van der Waals surface area (Å²) >= 11 is 0. The van der Waals surface area contributed by atoms with Gasteiger partial charge in [-0.1, -0.05) is 13.8 Å². The van der Waals surface area contributed by atoms with E-state index >= 15 is 0 Å². The molecule has 0 aliphatic carbocycles. The first-order valence-corrected chi connectivity index (χ1v) is 4.05. The van der Waals surface area contributed by atoms with Gasteiger partial charge in [0.1, 0.15) is 0 Å². The topological polar surface area (TPSA) is 15.3 Å². The standard InChI is InChI=1S/C8H18N2/c1-8(2)5-4-6-10(3)9-7-8/h9H,4-7H2,1-3H3. The highest BCUT2D eigenvalue weighted by Gasteiger charge is 2.20. The van der Waals surface area contributed by atoms with Crippen molar-refractivity contribution < 1.29 is 0 Å². The molecule has 1 heterocycles. The molecule has 1 aliphatic heterocycles. The van der Waals surface area contributed by atoms with Crippen molar-refractivity contribution in [2.24, 2.45) is 5.41 Å². The van der Waals surface area contributed by atoms with Crippen LogP contribution in [-0.4, -0.2) is 25.1 Å². The molecule has 2 nitrogen and oxygen atoms in total. The number of rotatable bonds is 0. The summed E-state index contributed by atoms with van der Waals surface area (Å²) < 4.78 is 0. The Hall–Kier alpha value is -0.0800. The van der Waals surface area contributed by atoms with Crippen molar-refractivity contribution in [2.75, 3.05) is 20.1 Å². The van der Waals surface area contributed by atoms with E-state index in [-0.39, 0.29) is 0 Å². The number of hydrogen-bond acceptors (Lipinski definition) is 2. The van der Waals surface area contributed by atoms with Crippen LogP contribution in [0.4, 0.5) is 0 Å². The van der Waals surface area contributed by atoms with E-state index in [1.54, 1.807) is 0 Å². The lowest BCUT2D eigenvalue weighted by molar-refractivity contribution is 0.226. The molecule has 0 atom stereocenters. The molecule has 0 spiro atoms. The quantitative estimate of drug-likeness (QED) is 0.547. The molecule has 0 saturated carbocycles. The van der Waals surface area contributed by atoms with Crippen molar-refractivity contribution in [3.8, 4) is 0 Å². The summed E-state index contributed by atoms with van der Waals surface area (Å²) in [6, 6.07) is 0. The van der Waals surface area contributed by atoms with Gasteiger partial charge in [-0.25, -0.2) is 5.01 Å². The summed E-state index contributed by atoms with van der Waals surface area (Å²) in [4.78, 5) is 0. The van der Waals surface area contributed by atoms with Gasteiger partial charge in [-0.2, -0.15) is 0 Å². The van der Waals surface area contributed by atoms with E-state index < -0.39 is 0 Å². The summed E-state index contributed by atoms with van der Waals surface area (Å²) in [6.45, 7) is 6.94. The second-order valence-corrected chi connectivity index (χ2v) is 4.02. The molecule has 0 aromatic heterocycles. The first kappa shape index (κ1) is 8.02. The van der Waals surface area contributed by atoms with E-state index in [2.05, 4.69) is 31.3 Å². The predicted molar refractivity (Wildman–Crippen MR) is 43.6 cm³/mol. The number of nitrogens with one attached hydrogen (secondary N) is 1. The first-order valence-electron chi connectivity index (χ1n) is 4.05. The van der Waals surface area contributed by atoms with E-state index in [1.807, 2.05) is 0 Å². The normalized spacial score (nSPS) is 27.9. The maximum Gasteiger partial charge on any atom is 0.0153 e. The predicted octanol–water partition coefficient (Wildman–Crippen LogP) is 1.24. The zero-order chi connectivity index (χ0) is 7.61. The molecule has 1 N–H and O–H groups in total. The summed E-state index contributed by atoms with van der Waals surface area (Å²) in [5.74, 6) is 0. The van der Waals surface area contributed by atoms with Gasteiger partial charge >= 0.3 is 0 Å². The monoisotopic (exact) mass is 142 g/mol. The molecule has 10 heavy (non-hydrogen) atoms. The third-order valence-corrected chi connectivity index (χ3v) is 2.17. The molecule has 0 bridgehead atoms. The van der Waals surface area contributed by atoms with Gasteiger partial charge in [0, 0.05) is 20.1 Å². The fourth-order valence-electron chi connectivity index (χ4n) is 1.31. The van der Waals surface area contributed by atoms with Crippen LogP contribution in [-0.2, 0) is 0 Å². The molecule has 0 radical (unpaired) electrons. The minimum Gasteiger partial charge on any atom is -0.255 e. The molecule has 1 fully saturated rings. The highest BCUT2D eigenvalue weighted by Crippen LogP contribution is 2.22. The molecule has 2 heteroatoms. The largest absolute Gasteiger partial charge is 0.255 e. The summed E-state index contributed by atoms with van der Waals surface area (Å²) in [6.07, 6.45) is 2.65. The summed E-state index contributed by atoms with van der Waals surface area (Å²) in [5.41, 5.74) is 3.86. The molecular formula is C8H18N2. The second kappa shape index (κ2) is 2.89. The van der Waals surface area contributed by atoms with Gasteiger partial charge in [-0.05, 0) is 18.3 Å². The van der Waals surface area contributed by atoms with Crippen LogP contribution in [0, 0.1) is 5.41 Å². The minimum atomic E-state index is 0.491. The van der Waals surface area contributed by atoms with Crippen LogP contribution >= 0.6 is 0 Å². The Balaban J connectivity index is 2.41. The van der Waals surface area contributed by atoms with Crippen LogP contribution in [0.1, 0.15) is 26.7 Å². The third kappa shape index (κ3) is 2.27. The van der Waals surface area contributed by atoms with Crippen molar-refractivity contribution >= 4 is 0 Å². The van der Waals surface area contributed by atoms with Crippen molar-refractivity contribution in [1.82, 2.24) is 10.4 Å². The summed E-state index contributed by atoms with van der Waals surface area (Å²) in [5, 5.41) is 2.19. The summed E-state index contributed by atoms with van der Waals surface area (Å²) in [7, 11) is 2.11. The highest BCUT2D eigenvalue weighted by molar-refractivity contribution is 4.73. The molecule has 1 saturated heterocycles. The maximum atomic E-state index is 3.37. The van der Waals surface area contributed by atoms with E-state index in [1.165, 1.54) is 19.4 Å². The van der Waals surface area contributed by atoms with Gasteiger partial charge in [0.25, 0.3) is 0 Å². The Bertz CT molecular complexity index is 110. The Kier molecular flexibility index (Phi) is 2.32. The lowest BCUT2D eigenvalue weighted by Gasteiger charge is -2.22. The van der Waals surface area contributed by atoms with E-state index in [4.69, 9.17) is 0 Å². The second-order valence-electron chi connectivity index (χ2n) is 4.02. The lowest BCUT2D eigenvalue weighted by Crippen LogP contribution is -2.37. The van der Waals surface area contributed by atoms with Crippen molar-refractivity contribution in [2.45, 2.75) is 26.7 Å². The van der Waals surface area contributed by atoms with Crippen LogP contribution in [0.3, 0.4) is 0 Å². The molecule has 1 rings (SSSR count). The fraction of sp³-hybridized carbons (Fsp3) is 1.00. The van der Waals surface area contributed by atoms with Gasteiger partial charge in [0.2, 0.25) is 0 Å². The van der Waals surface area contributed by atoms with Crippen molar-refractivity contribution in [3.05, 3.63) is 0 Å². The Morgan fingerprint density at radius 2 is 2.10 bits per heavy atom. The molecular weight excluding hydrogens is 124 g/mol. The Morgan fingerprint density at radius 3 is 2.80 bits per heavy atom. The Labute approximate surface area is 63.6 Å². The zero-order valence-electron chi connectivity index (χ0n) is 7.28. The molecule has 0 aromatic carbocycles. The zero-order valence-corrected chi connectivity index (χ0v) is 7.28. The molecule has 0 unspecified atom stereocenters. The van der Waals surface area contributed by atoms with Crippen molar-refractivity contribution in [3.63, 3.8) is 0 Å². The van der Waals surface area contributed by atoms with Crippen LogP contribution in [0.25, 0.3) is 0 Å². The van der Waals surface area contributed by atoms with E-state index in [0.717, 1.165) is 6.54 Å². The molecule has 0 aromatic rings. The average molecular weight is 142 g/mol. The Morgan fingerprint density at radius 1 is 1.40 bits per heavy atom. The van der Waals surface area contributed by atoms with Crippen LogP contribution in [0.5, 0.6) is 0 Å². The van der Waals surface area contributed by atoms with Gasteiger partial charge in [-0.15, -0.1) is 0 Å². The maximum absolute atomic E-state index is 3.37. The molecule has 0 amide bonds. The van der Waals surface area contributed by atoms with Gasteiger partial charge in [0.05, 0.1) is 0 Å². The van der Waals surface area contributed by atoms with Gasteiger partial charge < -0.3 is 0 Å². The van der Waals surface area contributed by atoms with Crippen LogP contribution in [0.2, 0.25) is 0 Å². The highest BCUT2D eigenvalue weighted by atomic mass is 15.5. The lowest BCUT2D eigenvalue weighted by atomic mass is 9.88. The van der Waals surface area contributed by atoms with Crippen LogP contribution in [0.15, 0.2) is 0 Å². The van der Waals surface area contributed by atoms with Gasteiger partial charge in [-0.3, -0.25) is 5.43 Å². The fourth-order valence-corrected chi connectivity index (χ4v) is 1.31. The third-order valence-electron chi connectivity index (χ3n) is 2.17. The number of hydrazine groups is 1. The number of nitrogens with zero attached hydrogens (tertiary/aromatic N) is 1. The molecule has 60 valence electrons. The van der Waals surface area contributed by atoms with Crippen LogP contribution < -0.4 is 5.43 Å². The van der Waals surface area contributed by atoms with E-state index in [0.29, 0.717) is 5.41 Å². The first-order chi connectivity index (χ1) is 4.60. The van der Waals surface area contributed by atoms with Gasteiger partial charge in [0.15, 0.2) is 0 Å².